The first kappa shape index (κ1) is 16.0. The Hall–Kier alpha value is -2.87. The van der Waals surface area contributed by atoms with Gasteiger partial charge in [-0.25, -0.2) is 4.79 Å². The summed E-state index contributed by atoms with van der Waals surface area (Å²) in [7, 11) is 1.31. The Morgan fingerprint density at radius 3 is 2.71 bits per heavy atom. The number of ether oxygens (including phenoxy) is 2. The number of thiophene rings is 1. The van der Waals surface area contributed by atoms with Crippen molar-refractivity contribution in [3.63, 3.8) is 0 Å². The zero-order valence-electron chi connectivity index (χ0n) is 13.1. The maximum absolute atomic E-state index is 11.1. The van der Waals surface area contributed by atoms with Gasteiger partial charge in [0.05, 0.1) is 12.0 Å². The fraction of sp³-hybridized carbons (Fsp3) is 0.188. The van der Waals surface area contributed by atoms with Gasteiger partial charge >= 0.3 is 6.09 Å². The second kappa shape index (κ2) is 7.14. The SMILES string of the molecule is COC(=O)Nc1ccc(O[C@H](C)c2nnc(-c3cccs3)o2)cc1. The average Bonchev–Trinajstić information content (AvgIpc) is 3.27. The number of aromatic nitrogens is 2. The Labute approximate surface area is 142 Å². The predicted molar refractivity (Wildman–Crippen MR) is 89.1 cm³/mol. The number of anilines is 1. The molecule has 8 heteroatoms. The van der Waals surface area contributed by atoms with E-state index in [4.69, 9.17) is 9.15 Å². The molecule has 1 aromatic carbocycles. The number of rotatable bonds is 5. The molecule has 2 heterocycles. The van der Waals surface area contributed by atoms with E-state index in [1.807, 2.05) is 24.4 Å². The summed E-state index contributed by atoms with van der Waals surface area (Å²) >= 11 is 1.53. The summed E-state index contributed by atoms with van der Waals surface area (Å²) in [6.45, 7) is 1.83. The highest BCUT2D eigenvalue weighted by molar-refractivity contribution is 7.13. The Bertz CT molecular complexity index is 799. The van der Waals surface area contributed by atoms with Crippen molar-refractivity contribution >= 4 is 23.1 Å². The lowest BCUT2D eigenvalue weighted by Gasteiger charge is -2.11. The van der Waals surface area contributed by atoms with Crippen molar-refractivity contribution in [2.75, 3.05) is 12.4 Å². The molecule has 24 heavy (non-hydrogen) atoms. The van der Waals surface area contributed by atoms with Crippen LogP contribution in [-0.2, 0) is 4.74 Å². The van der Waals surface area contributed by atoms with Gasteiger partial charge in [-0.3, -0.25) is 5.32 Å². The minimum absolute atomic E-state index is 0.398. The van der Waals surface area contributed by atoms with Gasteiger partial charge in [0, 0.05) is 5.69 Å². The quantitative estimate of drug-likeness (QED) is 0.748. The Morgan fingerprint density at radius 2 is 2.04 bits per heavy atom. The van der Waals surface area contributed by atoms with Crippen molar-refractivity contribution in [3.05, 3.63) is 47.7 Å². The third kappa shape index (κ3) is 3.72. The minimum Gasteiger partial charge on any atom is -0.481 e. The number of hydrogen-bond donors (Lipinski definition) is 1. The van der Waals surface area contributed by atoms with E-state index in [0.29, 0.717) is 23.2 Å². The summed E-state index contributed by atoms with van der Waals surface area (Å²) in [4.78, 5) is 12.1. The summed E-state index contributed by atoms with van der Waals surface area (Å²) in [5.41, 5.74) is 0.611. The Kier molecular flexibility index (Phi) is 4.76. The van der Waals surface area contributed by atoms with Gasteiger partial charge in [-0.15, -0.1) is 21.5 Å². The van der Waals surface area contributed by atoms with Crippen molar-refractivity contribution < 1.29 is 18.7 Å². The zero-order valence-corrected chi connectivity index (χ0v) is 13.9. The monoisotopic (exact) mass is 345 g/mol. The van der Waals surface area contributed by atoms with Gasteiger partial charge < -0.3 is 13.9 Å². The predicted octanol–water partition coefficient (Wildman–Crippen LogP) is 4.12. The molecule has 124 valence electrons. The van der Waals surface area contributed by atoms with Crippen LogP contribution in [0.2, 0.25) is 0 Å². The molecule has 0 aliphatic rings. The van der Waals surface area contributed by atoms with Gasteiger partial charge in [-0.05, 0) is 42.6 Å². The average molecular weight is 345 g/mol. The molecule has 7 nitrogen and oxygen atoms in total. The normalized spacial score (nSPS) is 11.8. The zero-order chi connectivity index (χ0) is 16.9. The molecule has 1 atom stereocenters. The molecule has 2 aromatic heterocycles. The second-order valence-corrected chi connectivity index (χ2v) is 5.77. The number of nitrogens with zero attached hydrogens (tertiary/aromatic N) is 2. The summed E-state index contributed by atoms with van der Waals surface area (Å²) in [6, 6.07) is 10.7. The smallest absolute Gasteiger partial charge is 0.411 e. The highest BCUT2D eigenvalue weighted by Crippen LogP contribution is 2.27. The largest absolute Gasteiger partial charge is 0.481 e. The van der Waals surface area contributed by atoms with Gasteiger partial charge in [0.25, 0.3) is 11.8 Å². The maximum Gasteiger partial charge on any atom is 0.411 e. The maximum atomic E-state index is 11.1. The molecule has 0 spiro atoms. The molecule has 0 unspecified atom stereocenters. The summed E-state index contributed by atoms with van der Waals surface area (Å²) < 4.78 is 16.0. The van der Waals surface area contributed by atoms with Crippen LogP contribution in [0.15, 0.2) is 46.2 Å². The highest BCUT2D eigenvalue weighted by atomic mass is 32.1. The number of carbonyl (C=O) groups is 1. The van der Waals surface area contributed by atoms with Gasteiger partial charge in [0.15, 0.2) is 6.10 Å². The van der Waals surface area contributed by atoms with Crippen LogP contribution >= 0.6 is 11.3 Å². The lowest BCUT2D eigenvalue weighted by Crippen LogP contribution is -2.10. The molecule has 3 rings (SSSR count). The fourth-order valence-corrected chi connectivity index (χ4v) is 2.58. The number of nitrogens with one attached hydrogen (secondary N) is 1. The topological polar surface area (TPSA) is 86.5 Å². The van der Waals surface area contributed by atoms with Crippen molar-refractivity contribution in [1.29, 1.82) is 0 Å². The van der Waals surface area contributed by atoms with Gasteiger partial charge in [-0.2, -0.15) is 0 Å². The molecule has 0 saturated carbocycles. The molecule has 0 aliphatic carbocycles. The second-order valence-electron chi connectivity index (χ2n) is 4.82. The van der Waals surface area contributed by atoms with E-state index < -0.39 is 12.2 Å². The van der Waals surface area contributed by atoms with E-state index in [-0.39, 0.29) is 0 Å². The van der Waals surface area contributed by atoms with Crippen LogP contribution in [0.3, 0.4) is 0 Å². The lowest BCUT2D eigenvalue weighted by molar-refractivity contribution is 0.186. The standard InChI is InChI=1S/C16H15N3O4S/c1-10(14-18-19-15(23-14)13-4-3-9-24-13)22-12-7-5-11(6-8-12)17-16(20)21-2/h3-10H,1-2H3,(H,17,20)/t10-/m1/s1. The van der Waals surface area contributed by atoms with Crippen LogP contribution in [0, 0.1) is 0 Å². The van der Waals surface area contributed by atoms with Gasteiger partial charge in [0.1, 0.15) is 5.75 Å². The van der Waals surface area contributed by atoms with Crippen LogP contribution in [0.25, 0.3) is 10.8 Å². The van der Waals surface area contributed by atoms with Crippen LogP contribution in [0.1, 0.15) is 18.9 Å². The van der Waals surface area contributed by atoms with E-state index in [9.17, 15) is 4.79 Å². The van der Waals surface area contributed by atoms with Crippen molar-refractivity contribution in [2.24, 2.45) is 0 Å². The molecular formula is C16H15N3O4S. The first-order chi connectivity index (χ1) is 11.7. The van der Waals surface area contributed by atoms with E-state index in [1.165, 1.54) is 18.4 Å². The van der Waals surface area contributed by atoms with E-state index in [0.717, 1.165) is 4.88 Å². The number of carbonyl (C=O) groups excluding carboxylic acids is 1. The Balaban J connectivity index is 1.64. The molecule has 0 aliphatic heterocycles. The van der Waals surface area contributed by atoms with Crippen LogP contribution in [0.5, 0.6) is 5.75 Å². The molecular weight excluding hydrogens is 330 g/mol. The van der Waals surface area contributed by atoms with Gasteiger partial charge in [-0.1, -0.05) is 6.07 Å². The molecule has 1 N–H and O–H groups in total. The number of methoxy groups -OCH3 is 1. The van der Waals surface area contributed by atoms with Gasteiger partial charge in [0.2, 0.25) is 0 Å². The molecule has 3 aromatic rings. The molecule has 0 saturated heterocycles. The van der Waals surface area contributed by atoms with Crippen LogP contribution in [-0.4, -0.2) is 23.4 Å². The van der Waals surface area contributed by atoms with Crippen molar-refractivity contribution in [3.8, 4) is 16.5 Å². The third-order valence-electron chi connectivity index (χ3n) is 3.12. The lowest BCUT2D eigenvalue weighted by atomic mass is 10.3. The Morgan fingerprint density at radius 1 is 1.25 bits per heavy atom. The molecule has 1 amide bonds. The van der Waals surface area contributed by atoms with E-state index in [1.54, 1.807) is 24.3 Å². The summed E-state index contributed by atoms with van der Waals surface area (Å²) in [6.07, 6.45) is -0.922. The van der Waals surface area contributed by atoms with E-state index >= 15 is 0 Å². The van der Waals surface area contributed by atoms with Crippen LogP contribution in [0.4, 0.5) is 10.5 Å². The van der Waals surface area contributed by atoms with E-state index in [2.05, 4.69) is 20.3 Å². The fourth-order valence-electron chi connectivity index (χ4n) is 1.94. The number of benzene rings is 1. The first-order valence-electron chi connectivity index (χ1n) is 7.14. The van der Waals surface area contributed by atoms with Crippen molar-refractivity contribution in [2.45, 2.75) is 13.0 Å². The minimum atomic E-state index is -0.524. The van der Waals surface area contributed by atoms with Crippen LogP contribution < -0.4 is 10.1 Å². The number of amides is 1. The molecule has 0 bridgehead atoms. The van der Waals surface area contributed by atoms with Crippen molar-refractivity contribution in [1.82, 2.24) is 10.2 Å². The highest BCUT2D eigenvalue weighted by Gasteiger charge is 2.17. The molecule has 0 fully saturated rings. The third-order valence-corrected chi connectivity index (χ3v) is 3.98. The summed E-state index contributed by atoms with van der Waals surface area (Å²) in [5, 5.41) is 12.6. The first-order valence-corrected chi connectivity index (χ1v) is 8.02. The molecule has 0 radical (unpaired) electrons. The number of hydrogen-bond acceptors (Lipinski definition) is 7. The summed E-state index contributed by atoms with van der Waals surface area (Å²) in [5.74, 6) is 1.50.